The van der Waals surface area contributed by atoms with Gasteiger partial charge in [0, 0.05) is 62.3 Å². The van der Waals surface area contributed by atoms with E-state index in [1.165, 1.54) is 23.5 Å². The highest BCUT2D eigenvalue weighted by Gasteiger charge is 2.45. The van der Waals surface area contributed by atoms with E-state index in [2.05, 4.69) is 25.9 Å². The number of para-hydroxylation sites is 1. The van der Waals surface area contributed by atoms with E-state index in [1.807, 2.05) is 33.8 Å². The zero-order chi connectivity index (χ0) is 40.4. The van der Waals surface area contributed by atoms with Crippen molar-refractivity contribution in [1.29, 1.82) is 0 Å². The van der Waals surface area contributed by atoms with E-state index in [0.29, 0.717) is 18.5 Å². The highest BCUT2D eigenvalue weighted by Crippen LogP contribution is 2.35. The predicted octanol–water partition coefficient (Wildman–Crippen LogP) is 5.74. The Morgan fingerprint density at radius 3 is 2.23 bits per heavy atom. The second kappa shape index (κ2) is 19.4. The summed E-state index contributed by atoms with van der Waals surface area (Å²) in [6, 6.07) is 6.83. The molecule has 3 N–H and O–H groups in total. The van der Waals surface area contributed by atoms with Gasteiger partial charge in [0.2, 0.25) is 11.7 Å². The van der Waals surface area contributed by atoms with Gasteiger partial charge in [0.1, 0.15) is 11.5 Å². The van der Waals surface area contributed by atoms with Crippen LogP contribution in [0.25, 0.3) is 0 Å². The minimum absolute atomic E-state index is 0.00276. The fourth-order valence-electron chi connectivity index (χ4n) is 8.11. The van der Waals surface area contributed by atoms with Crippen molar-refractivity contribution in [2.45, 2.75) is 117 Å². The molecule has 0 unspecified atom stereocenters. The Kier molecular flexibility index (Phi) is 14.6. The van der Waals surface area contributed by atoms with Crippen molar-refractivity contribution in [2.24, 2.45) is 35.0 Å². The fourth-order valence-corrected chi connectivity index (χ4v) is 8.11. The summed E-state index contributed by atoms with van der Waals surface area (Å²) in [5, 5.41) is 8.83. The monoisotopic (exact) mass is 770 g/mol. The lowest BCUT2D eigenvalue weighted by Gasteiger charge is -2.34. The number of likely N-dealkylation sites (tertiary alicyclic amines) is 1. The topological polar surface area (TPSA) is 185 Å². The number of urea groups is 1. The number of nitrogens with one attached hydrogen (secondary N) is 3. The third-order valence-electron chi connectivity index (χ3n) is 11.6. The first kappa shape index (κ1) is 42.3. The predicted molar refractivity (Wildman–Crippen MR) is 210 cm³/mol. The van der Waals surface area contributed by atoms with Crippen molar-refractivity contribution in [2.75, 3.05) is 18.4 Å². The van der Waals surface area contributed by atoms with Gasteiger partial charge in [0.05, 0.1) is 24.2 Å². The molecule has 5 rings (SSSR count). The molecule has 2 aromatic rings. The van der Waals surface area contributed by atoms with Gasteiger partial charge >= 0.3 is 6.03 Å². The van der Waals surface area contributed by atoms with E-state index in [9.17, 15) is 33.6 Å². The highest BCUT2D eigenvalue weighted by molar-refractivity contribution is 6.38. The van der Waals surface area contributed by atoms with Crippen LogP contribution in [0.3, 0.4) is 0 Å². The summed E-state index contributed by atoms with van der Waals surface area (Å²) in [7, 11) is 0. The van der Waals surface area contributed by atoms with Crippen LogP contribution in [-0.2, 0) is 24.0 Å². The Labute approximate surface area is 329 Å². The van der Waals surface area contributed by atoms with Crippen molar-refractivity contribution < 1.29 is 33.6 Å². The number of nitrogens with zero attached hydrogens (tertiary/aromatic N) is 3. The second-order valence-electron chi connectivity index (χ2n) is 17.0. The molecule has 5 atom stereocenters. The molecule has 2 aliphatic carbocycles. The molecule has 1 aromatic heterocycles. The number of anilines is 1. The average molecular weight is 771 g/mol. The van der Waals surface area contributed by atoms with Crippen LogP contribution < -0.4 is 16.0 Å². The van der Waals surface area contributed by atoms with E-state index >= 15 is 0 Å². The van der Waals surface area contributed by atoms with Crippen LogP contribution in [0, 0.1) is 35.0 Å². The molecular weight excluding hydrogens is 713 g/mol. The summed E-state index contributed by atoms with van der Waals surface area (Å²) in [5.41, 5.74) is -0.0329. The zero-order valence-corrected chi connectivity index (χ0v) is 33.3. The molecule has 0 radical (unpaired) electrons. The molecular formula is C43H58N6O7. The molecule has 0 bridgehead atoms. The molecule has 3 aliphatic rings. The molecule has 13 heteroatoms. The third-order valence-corrected chi connectivity index (χ3v) is 11.6. The van der Waals surface area contributed by atoms with Crippen LogP contribution in [0.1, 0.15) is 115 Å². The maximum absolute atomic E-state index is 14.4. The summed E-state index contributed by atoms with van der Waals surface area (Å²) >= 11 is 0. The van der Waals surface area contributed by atoms with Crippen LogP contribution >= 0.6 is 0 Å². The third kappa shape index (κ3) is 11.6. The summed E-state index contributed by atoms with van der Waals surface area (Å²) in [6.07, 6.45) is 11.4. The minimum atomic E-state index is -0.844. The van der Waals surface area contributed by atoms with Gasteiger partial charge in [-0.05, 0) is 61.5 Å². The van der Waals surface area contributed by atoms with Gasteiger partial charge in [0.15, 0.2) is 11.6 Å². The Morgan fingerprint density at radius 2 is 1.61 bits per heavy atom. The fraction of sp³-hybridized carbons (Fsp3) is 0.605. The molecule has 56 heavy (non-hydrogen) atoms. The lowest BCUT2D eigenvalue weighted by atomic mass is 9.74. The van der Waals surface area contributed by atoms with Crippen molar-refractivity contribution in [1.82, 2.24) is 25.5 Å². The molecule has 2 saturated carbocycles. The Morgan fingerprint density at radius 1 is 0.893 bits per heavy atom. The number of aromatic nitrogens is 2. The highest BCUT2D eigenvalue weighted by atomic mass is 16.2. The summed E-state index contributed by atoms with van der Waals surface area (Å²) in [6.45, 7) is 7.54. The number of ketones is 4. The van der Waals surface area contributed by atoms with Crippen molar-refractivity contribution >= 4 is 46.7 Å². The molecule has 4 amide bonds. The Hall–Kier alpha value is -4.81. The SMILES string of the molecule is CCC[C@H](CC(=O)[C@@H]1CN(C(=O)Nc2ccccc2)C[C@@H]1NC(=O)[C@@H](CC(=O)[C@@H](NC(=O)c1cnccn1)C1CCCCC1)C(C)(C)C)C(=O)C(=O)CC1CC1. The van der Waals surface area contributed by atoms with E-state index in [1.54, 1.807) is 24.3 Å². The molecule has 1 aliphatic heterocycles. The first-order valence-corrected chi connectivity index (χ1v) is 20.4. The van der Waals surface area contributed by atoms with Gasteiger partial charge in [-0.3, -0.25) is 33.8 Å². The number of carbonyl (C=O) groups excluding carboxylic acids is 7. The number of rotatable bonds is 18. The van der Waals surface area contributed by atoms with Crippen molar-refractivity contribution in [3.63, 3.8) is 0 Å². The number of carbonyl (C=O) groups is 7. The van der Waals surface area contributed by atoms with Gasteiger partial charge in [0.25, 0.3) is 5.91 Å². The van der Waals surface area contributed by atoms with Crippen LogP contribution in [0.2, 0.25) is 0 Å². The van der Waals surface area contributed by atoms with Crippen LogP contribution in [0.15, 0.2) is 48.9 Å². The lowest BCUT2D eigenvalue weighted by Crippen LogP contribution is -2.51. The van der Waals surface area contributed by atoms with Crippen LogP contribution in [0.5, 0.6) is 0 Å². The van der Waals surface area contributed by atoms with Crippen LogP contribution in [-0.4, -0.2) is 81.0 Å². The van der Waals surface area contributed by atoms with Gasteiger partial charge < -0.3 is 20.9 Å². The standard InChI is InChI=1S/C43H58N6O7/c1-5-12-29(39(53)37(52)21-27-17-18-27)22-35(50)31-25-49(42(56)46-30-15-10-7-11-16-30)26-34(31)47-40(54)32(43(2,3)4)23-36(51)38(28-13-8-6-9-14-28)48-41(55)33-24-44-19-20-45-33/h7,10-11,15-16,19-20,24,27-29,31-32,34,38H,5-6,8-9,12-14,17-18,21-23,25-26H2,1-4H3,(H,46,56)(H,47,54)(H,48,55)/t29-,31-,32-,34+,38+/m1/s1. The largest absolute Gasteiger partial charge is 0.351 e. The molecule has 1 aromatic carbocycles. The number of hydrogen-bond acceptors (Lipinski definition) is 9. The maximum Gasteiger partial charge on any atom is 0.321 e. The van der Waals surface area contributed by atoms with E-state index in [0.717, 1.165) is 44.9 Å². The zero-order valence-electron chi connectivity index (χ0n) is 33.3. The first-order valence-electron chi connectivity index (χ1n) is 20.4. The number of amides is 4. The molecule has 13 nitrogen and oxygen atoms in total. The van der Waals surface area contributed by atoms with E-state index in [4.69, 9.17) is 0 Å². The smallest absolute Gasteiger partial charge is 0.321 e. The van der Waals surface area contributed by atoms with E-state index < -0.39 is 64.7 Å². The molecule has 0 spiro atoms. The van der Waals surface area contributed by atoms with Gasteiger partial charge in [-0.2, -0.15) is 0 Å². The molecule has 2 heterocycles. The number of benzene rings is 1. The summed E-state index contributed by atoms with van der Waals surface area (Å²) < 4.78 is 0. The molecule has 302 valence electrons. The maximum atomic E-state index is 14.4. The van der Waals surface area contributed by atoms with Crippen LogP contribution in [0.4, 0.5) is 10.5 Å². The summed E-state index contributed by atoms with van der Waals surface area (Å²) in [5.74, 6) is -4.77. The van der Waals surface area contributed by atoms with Gasteiger partial charge in [-0.25, -0.2) is 9.78 Å². The second-order valence-corrected chi connectivity index (χ2v) is 17.0. The first-order chi connectivity index (χ1) is 26.7. The van der Waals surface area contributed by atoms with Crippen molar-refractivity contribution in [3.8, 4) is 0 Å². The molecule has 1 saturated heterocycles. The normalized spacial score (nSPS) is 20.3. The summed E-state index contributed by atoms with van der Waals surface area (Å²) in [4.78, 5) is 105. The molecule has 3 fully saturated rings. The van der Waals surface area contributed by atoms with Gasteiger partial charge in [-0.1, -0.05) is 71.6 Å². The quantitative estimate of drug-likeness (QED) is 0.159. The lowest BCUT2D eigenvalue weighted by molar-refractivity contribution is -0.140. The number of Topliss-reactive ketones (excluding diaryl/α,β-unsaturated/α-hetero) is 4. The van der Waals surface area contributed by atoms with Gasteiger partial charge in [-0.15, -0.1) is 0 Å². The Bertz CT molecular complexity index is 1720. The minimum Gasteiger partial charge on any atom is -0.351 e. The average Bonchev–Trinajstić information content (AvgIpc) is 3.90. The van der Waals surface area contributed by atoms with E-state index in [-0.39, 0.29) is 61.4 Å². The Balaban J connectivity index is 1.35. The van der Waals surface area contributed by atoms with Crippen molar-refractivity contribution in [3.05, 3.63) is 54.6 Å². The number of hydrogen-bond donors (Lipinski definition) is 3.